The summed E-state index contributed by atoms with van der Waals surface area (Å²) in [6.07, 6.45) is 1.78. The third-order valence-electron chi connectivity index (χ3n) is 7.61. The predicted octanol–water partition coefficient (Wildman–Crippen LogP) is 4.55. The van der Waals surface area contributed by atoms with Crippen LogP contribution in [-0.2, 0) is 32.7 Å². The van der Waals surface area contributed by atoms with Crippen LogP contribution in [0.5, 0.6) is 23.0 Å². The lowest BCUT2D eigenvalue weighted by atomic mass is 9.85. The highest BCUT2D eigenvalue weighted by Gasteiger charge is 2.36. The Morgan fingerprint density at radius 2 is 1.81 bits per heavy atom. The van der Waals surface area contributed by atoms with Crippen LogP contribution in [0, 0.1) is 0 Å². The Morgan fingerprint density at radius 1 is 0.972 bits per heavy atom. The highest BCUT2D eigenvalue weighted by atomic mass is 16.5. The van der Waals surface area contributed by atoms with Crippen molar-refractivity contribution in [2.45, 2.75) is 38.8 Å². The molecular formula is C29H30N2O5. The maximum absolute atomic E-state index is 10.2. The van der Waals surface area contributed by atoms with Crippen molar-refractivity contribution in [1.82, 2.24) is 9.47 Å². The third kappa shape index (κ3) is 3.75. The van der Waals surface area contributed by atoms with Crippen LogP contribution in [0.15, 0.2) is 54.6 Å². The van der Waals surface area contributed by atoms with Gasteiger partial charge in [0.15, 0.2) is 11.5 Å². The van der Waals surface area contributed by atoms with Gasteiger partial charge in [0.05, 0.1) is 19.7 Å². The predicted molar refractivity (Wildman–Crippen MR) is 137 cm³/mol. The molecule has 1 unspecified atom stereocenters. The second-order valence-corrected chi connectivity index (χ2v) is 9.48. The lowest BCUT2D eigenvalue weighted by molar-refractivity contribution is 0.145. The number of hydrogen-bond donors (Lipinski definition) is 2. The number of ether oxygens (including phenoxy) is 3. The van der Waals surface area contributed by atoms with E-state index in [1.54, 1.807) is 26.4 Å². The SMILES string of the molecule is COc1ccc2c(c1)c1c(n2CO)CN2CCc3cc(OC)c(OCc4ccc(O)cc4)cc3C2C1. The maximum Gasteiger partial charge on any atom is 0.162 e. The Kier molecular flexibility index (Phi) is 5.74. The van der Waals surface area contributed by atoms with Crippen molar-refractivity contribution in [2.24, 2.45) is 0 Å². The second-order valence-electron chi connectivity index (χ2n) is 9.48. The number of hydrogen-bond acceptors (Lipinski definition) is 6. The summed E-state index contributed by atoms with van der Waals surface area (Å²) < 4.78 is 19.4. The van der Waals surface area contributed by atoms with Gasteiger partial charge >= 0.3 is 0 Å². The number of nitrogens with zero attached hydrogens (tertiary/aromatic N) is 2. The van der Waals surface area contributed by atoms with Crippen LogP contribution in [0.2, 0.25) is 0 Å². The molecule has 0 saturated carbocycles. The van der Waals surface area contributed by atoms with Gasteiger partial charge in [-0.3, -0.25) is 4.90 Å². The lowest BCUT2D eigenvalue weighted by Gasteiger charge is -2.41. The lowest BCUT2D eigenvalue weighted by Crippen LogP contribution is -2.39. The van der Waals surface area contributed by atoms with E-state index >= 15 is 0 Å². The van der Waals surface area contributed by atoms with Gasteiger partial charge in [-0.05, 0) is 77.6 Å². The van der Waals surface area contributed by atoms with Crippen LogP contribution in [0.1, 0.15) is 34.0 Å². The quantitative estimate of drug-likeness (QED) is 0.417. The highest BCUT2D eigenvalue weighted by Crippen LogP contribution is 2.45. The monoisotopic (exact) mass is 486 g/mol. The molecule has 3 aromatic carbocycles. The fraction of sp³-hybridized carbons (Fsp3) is 0.310. The number of aromatic hydroxyl groups is 1. The fourth-order valence-corrected chi connectivity index (χ4v) is 5.75. The number of aliphatic hydroxyl groups is 1. The minimum Gasteiger partial charge on any atom is -0.508 e. The minimum atomic E-state index is -0.0420. The second kappa shape index (κ2) is 9.08. The molecule has 3 heterocycles. The first-order valence-electron chi connectivity index (χ1n) is 12.2. The van der Waals surface area contributed by atoms with Gasteiger partial charge in [0.25, 0.3) is 0 Å². The first-order chi connectivity index (χ1) is 17.6. The van der Waals surface area contributed by atoms with Gasteiger partial charge in [-0.1, -0.05) is 12.1 Å². The van der Waals surface area contributed by atoms with Gasteiger partial charge in [-0.2, -0.15) is 0 Å². The first-order valence-corrected chi connectivity index (χ1v) is 12.2. The molecule has 7 heteroatoms. The van der Waals surface area contributed by atoms with Crippen LogP contribution < -0.4 is 14.2 Å². The standard InChI is InChI=1S/C29H30N2O5/c1-34-21-7-8-25-23(12-21)24-13-26-22-14-29(36-16-18-3-5-20(33)6-4-18)28(35-2)11-19(22)9-10-30(26)15-27(24)31(25)17-32/h3-8,11-12,14,26,32-33H,9-10,13,15-17H2,1-2H3. The largest absolute Gasteiger partial charge is 0.508 e. The Hall–Kier alpha value is -3.68. The van der Waals surface area contributed by atoms with Crippen molar-refractivity contribution in [3.05, 3.63) is 82.5 Å². The number of fused-ring (bicyclic) bond motifs is 6. The summed E-state index contributed by atoms with van der Waals surface area (Å²) >= 11 is 0. The Morgan fingerprint density at radius 3 is 2.56 bits per heavy atom. The Balaban J connectivity index is 1.37. The summed E-state index contributed by atoms with van der Waals surface area (Å²) in [5.41, 5.74) is 7.02. The summed E-state index contributed by atoms with van der Waals surface area (Å²) in [5.74, 6) is 2.51. The molecular weight excluding hydrogens is 456 g/mol. The van der Waals surface area contributed by atoms with Crippen molar-refractivity contribution in [1.29, 1.82) is 0 Å². The zero-order valence-electron chi connectivity index (χ0n) is 20.5. The van der Waals surface area contributed by atoms with Crippen LogP contribution in [0.25, 0.3) is 10.9 Å². The van der Waals surface area contributed by atoms with Crippen molar-refractivity contribution in [3.63, 3.8) is 0 Å². The summed E-state index contributed by atoms with van der Waals surface area (Å²) in [6, 6.07) is 17.6. The Bertz CT molecular complexity index is 1430. The van der Waals surface area contributed by atoms with Gasteiger partial charge in [-0.15, -0.1) is 0 Å². The van der Waals surface area contributed by atoms with Gasteiger partial charge in [0.1, 0.15) is 24.8 Å². The molecule has 2 aliphatic heterocycles. The molecule has 36 heavy (non-hydrogen) atoms. The van der Waals surface area contributed by atoms with Gasteiger partial charge in [-0.25, -0.2) is 0 Å². The van der Waals surface area contributed by atoms with E-state index in [1.165, 1.54) is 22.4 Å². The van der Waals surface area contributed by atoms with Crippen LogP contribution in [0.3, 0.4) is 0 Å². The molecule has 6 rings (SSSR count). The number of aliphatic hydroxyl groups excluding tert-OH is 1. The average molecular weight is 487 g/mol. The number of methoxy groups -OCH3 is 2. The maximum atomic E-state index is 10.2. The molecule has 7 nitrogen and oxygen atoms in total. The average Bonchev–Trinajstić information content (AvgIpc) is 3.22. The molecule has 1 atom stereocenters. The highest BCUT2D eigenvalue weighted by molar-refractivity contribution is 5.87. The van der Waals surface area contributed by atoms with Crippen molar-refractivity contribution in [2.75, 3.05) is 20.8 Å². The smallest absolute Gasteiger partial charge is 0.162 e. The van der Waals surface area contributed by atoms with Gasteiger partial charge in [0.2, 0.25) is 0 Å². The molecule has 0 saturated heterocycles. The molecule has 0 fully saturated rings. The number of rotatable bonds is 6. The van der Waals surface area contributed by atoms with Crippen molar-refractivity contribution in [3.8, 4) is 23.0 Å². The number of phenolic OH excluding ortho intramolecular Hbond substituents is 1. The van der Waals surface area contributed by atoms with E-state index in [0.29, 0.717) is 6.61 Å². The molecule has 4 aromatic rings. The van der Waals surface area contributed by atoms with Gasteiger partial charge in [0, 0.05) is 30.2 Å². The Labute approximate surface area is 210 Å². The topological polar surface area (TPSA) is 76.3 Å². The normalized spacial score (nSPS) is 16.8. The van der Waals surface area contributed by atoms with E-state index in [1.807, 2.05) is 28.8 Å². The third-order valence-corrected chi connectivity index (χ3v) is 7.61. The number of phenols is 1. The molecule has 0 spiro atoms. The van der Waals surface area contributed by atoms with Crippen molar-refractivity contribution < 1.29 is 24.4 Å². The number of benzene rings is 3. The zero-order chi connectivity index (χ0) is 24.8. The van der Waals surface area contributed by atoms with Gasteiger partial charge < -0.3 is 29.0 Å². The fourth-order valence-electron chi connectivity index (χ4n) is 5.75. The zero-order valence-corrected chi connectivity index (χ0v) is 20.5. The molecule has 1 aromatic heterocycles. The molecule has 0 bridgehead atoms. The molecule has 0 amide bonds. The van der Waals surface area contributed by atoms with Crippen molar-refractivity contribution >= 4 is 10.9 Å². The molecule has 0 radical (unpaired) electrons. The van der Waals surface area contributed by atoms with E-state index in [0.717, 1.165) is 59.6 Å². The van der Waals surface area contributed by atoms with E-state index in [2.05, 4.69) is 23.1 Å². The summed E-state index contributed by atoms with van der Waals surface area (Å²) in [6.45, 7) is 2.08. The van der Waals surface area contributed by atoms with E-state index in [9.17, 15) is 10.2 Å². The first kappa shape index (κ1) is 22.8. The summed E-state index contributed by atoms with van der Waals surface area (Å²) in [7, 11) is 3.36. The van der Waals surface area contributed by atoms with Crippen LogP contribution >= 0.6 is 0 Å². The van der Waals surface area contributed by atoms with E-state index < -0.39 is 0 Å². The van der Waals surface area contributed by atoms with E-state index in [4.69, 9.17) is 14.2 Å². The van der Waals surface area contributed by atoms with Crippen LogP contribution in [0.4, 0.5) is 0 Å². The van der Waals surface area contributed by atoms with Crippen LogP contribution in [-0.4, -0.2) is 40.4 Å². The molecule has 2 aliphatic rings. The molecule has 0 aliphatic carbocycles. The number of aromatic nitrogens is 1. The summed E-state index contributed by atoms with van der Waals surface area (Å²) in [4.78, 5) is 2.50. The molecule has 186 valence electrons. The summed E-state index contributed by atoms with van der Waals surface area (Å²) in [5, 5.41) is 20.9. The minimum absolute atomic E-state index is 0.0420. The molecule has 2 N–H and O–H groups in total. The van der Waals surface area contributed by atoms with E-state index in [-0.39, 0.29) is 18.5 Å².